The number of piperidine rings is 1. The standard InChI is InChI=1S/C25H23FN4O2S/c1-16-23(33-15-29-16)22-21(5-2-10-27-22)25(31)30-11-3-4-18(14-30)24-28-13-20(32-24)12-17-6-8-19(26)9-7-17/h2,5-10,13,15,18H,3-4,11-12,14H2,1H3/t18-/m1/s1. The van der Waals surface area contributed by atoms with Gasteiger partial charge in [0.15, 0.2) is 5.89 Å². The number of benzene rings is 1. The Morgan fingerprint density at radius 2 is 2.06 bits per heavy atom. The zero-order chi connectivity index (χ0) is 22.8. The van der Waals surface area contributed by atoms with E-state index < -0.39 is 0 Å². The second kappa shape index (κ2) is 9.23. The molecule has 1 aliphatic rings. The maximum atomic E-state index is 13.5. The highest BCUT2D eigenvalue weighted by Crippen LogP contribution is 2.32. The fraction of sp³-hybridized carbons (Fsp3) is 0.280. The van der Waals surface area contributed by atoms with Crippen molar-refractivity contribution in [1.29, 1.82) is 0 Å². The molecule has 1 atom stereocenters. The lowest BCUT2D eigenvalue weighted by Gasteiger charge is -2.31. The molecule has 1 fully saturated rings. The zero-order valence-electron chi connectivity index (χ0n) is 18.2. The molecular weight excluding hydrogens is 439 g/mol. The number of halogens is 1. The number of hydrogen-bond donors (Lipinski definition) is 0. The van der Waals surface area contributed by atoms with Crippen LogP contribution < -0.4 is 0 Å². The number of carbonyl (C=O) groups excluding carboxylic acids is 1. The van der Waals surface area contributed by atoms with Crippen LogP contribution in [0.25, 0.3) is 10.6 Å². The quantitative estimate of drug-likeness (QED) is 0.405. The van der Waals surface area contributed by atoms with Crippen LogP contribution >= 0.6 is 11.3 Å². The highest BCUT2D eigenvalue weighted by Gasteiger charge is 2.30. The number of carbonyl (C=O) groups is 1. The lowest BCUT2D eigenvalue weighted by Crippen LogP contribution is -2.39. The molecule has 8 heteroatoms. The van der Waals surface area contributed by atoms with Crippen LogP contribution in [0.2, 0.25) is 0 Å². The normalized spacial score (nSPS) is 16.2. The lowest BCUT2D eigenvalue weighted by atomic mass is 9.97. The molecule has 0 aliphatic carbocycles. The van der Waals surface area contributed by atoms with Gasteiger partial charge in [-0.1, -0.05) is 12.1 Å². The molecule has 5 rings (SSSR count). The molecule has 1 saturated heterocycles. The fourth-order valence-corrected chi connectivity index (χ4v) is 5.03. The Kier molecular flexibility index (Phi) is 6.00. The summed E-state index contributed by atoms with van der Waals surface area (Å²) in [6.07, 6.45) is 5.77. The van der Waals surface area contributed by atoms with E-state index in [1.807, 2.05) is 17.9 Å². The van der Waals surface area contributed by atoms with Crippen LogP contribution in [0.5, 0.6) is 0 Å². The van der Waals surface area contributed by atoms with Gasteiger partial charge in [0, 0.05) is 25.7 Å². The van der Waals surface area contributed by atoms with Gasteiger partial charge in [-0.15, -0.1) is 11.3 Å². The molecule has 0 bridgehead atoms. The Labute approximate surface area is 195 Å². The van der Waals surface area contributed by atoms with Gasteiger partial charge in [-0.3, -0.25) is 9.78 Å². The largest absolute Gasteiger partial charge is 0.445 e. The van der Waals surface area contributed by atoms with E-state index in [0.29, 0.717) is 36.7 Å². The van der Waals surface area contributed by atoms with Gasteiger partial charge < -0.3 is 9.32 Å². The van der Waals surface area contributed by atoms with Gasteiger partial charge >= 0.3 is 0 Å². The van der Waals surface area contributed by atoms with E-state index in [2.05, 4.69) is 15.0 Å². The van der Waals surface area contributed by atoms with E-state index in [0.717, 1.165) is 34.7 Å². The van der Waals surface area contributed by atoms with Crippen molar-refractivity contribution < 1.29 is 13.6 Å². The molecule has 168 valence electrons. The van der Waals surface area contributed by atoms with Gasteiger partial charge in [0.05, 0.1) is 39.5 Å². The molecule has 1 aliphatic heterocycles. The first-order valence-corrected chi connectivity index (χ1v) is 11.8. The van der Waals surface area contributed by atoms with Crippen LogP contribution in [0.3, 0.4) is 0 Å². The zero-order valence-corrected chi connectivity index (χ0v) is 19.0. The topological polar surface area (TPSA) is 72.1 Å². The van der Waals surface area contributed by atoms with E-state index in [9.17, 15) is 9.18 Å². The predicted octanol–water partition coefficient (Wildman–Crippen LogP) is 5.25. The highest BCUT2D eigenvalue weighted by molar-refractivity contribution is 7.13. The average Bonchev–Trinajstić information content (AvgIpc) is 3.49. The van der Waals surface area contributed by atoms with Gasteiger partial charge in [-0.2, -0.15) is 0 Å². The van der Waals surface area contributed by atoms with E-state index in [-0.39, 0.29) is 17.6 Å². The summed E-state index contributed by atoms with van der Waals surface area (Å²) in [6, 6.07) is 10.0. The number of thiazole rings is 1. The van der Waals surface area contributed by atoms with Crippen LogP contribution in [0.15, 0.2) is 58.7 Å². The molecule has 0 spiro atoms. The van der Waals surface area contributed by atoms with Crippen molar-refractivity contribution in [1.82, 2.24) is 19.9 Å². The van der Waals surface area contributed by atoms with Crippen molar-refractivity contribution in [2.45, 2.75) is 32.1 Å². The van der Waals surface area contributed by atoms with Crippen molar-refractivity contribution >= 4 is 17.2 Å². The number of aryl methyl sites for hydroxylation is 1. The number of oxazole rings is 1. The van der Waals surface area contributed by atoms with Crippen LogP contribution in [-0.2, 0) is 6.42 Å². The third-order valence-corrected chi connectivity index (χ3v) is 6.85. The van der Waals surface area contributed by atoms with Crippen LogP contribution in [0.1, 0.15) is 52.0 Å². The first-order valence-electron chi connectivity index (χ1n) is 10.9. The van der Waals surface area contributed by atoms with Crippen molar-refractivity contribution in [3.8, 4) is 10.6 Å². The second-order valence-corrected chi connectivity index (χ2v) is 9.08. The molecule has 1 aromatic carbocycles. The summed E-state index contributed by atoms with van der Waals surface area (Å²) in [5.74, 6) is 1.12. The van der Waals surface area contributed by atoms with E-state index in [4.69, 9.17) is 4.42 Å². The van der Waals surface area contributed by atoms with Crippen molar-refractivity contribution in [3.05, 3.63) is 88.6 Å². The molecule has 6 nitrogen and oxygen atoms in total. The minimum Gasteiger partial charge on any atom is -0.445 e. The molecule has 0 N–H and O–H groups in total. The van der Waals surface area contributed by atoms with Crippen molar-refractivity contribution in [2.24, 2.45) is 0 Å². The summed E-state index contributed by atoms with van der Waals surface area (Å²) in [5, 5.41) is 0. The van der Waals surface area contributed by atoms with E-state index in [1.54, 1.807) is 36.1 Å². The third-order valence-electron chi connectivity index (χ3n) is 5.92. The second-order valence-electron chi connectivity index (χ2n) is 8.22. The minimum atomic E-state index is -0.258. The summed E-state index contributed by atoms with van der Waals surface area (Å²) in [7, 11) is 0. The maximum Gasteiger partial charge on any atom is 0.256 e. The summed E-state index contributed by atoms with van der Waals surface area (Å²) < 4.78 is 19.2. The first kappa shape index (κ1) is 21.5. The van der Waals surface area contributed by atoms with Gasteiger partial charge in [0.25, 0.3) is 5.91 Å². The van der Waals surface area contributed by atoms with Crippen LogP contribution in [-0.4, -0.2) is 38.8 Å². The van der Waals surface area contributed by atoms with Crippen molar-refractivity contribution in [3.63, 3.8) is 0 Å². The summed E-state index contributed by atoms with van der Waals surface area (Å²) in [5.41, 5.74) is 4.88. The molecule has 0 saturated carbocycles. The summed E-state index contributed by atoms with van der Waals surface area (Å²) in [6.45, 7) is 3.16. The molecule has 1 amide bonds. The van der Waals surface area contributed by atoms with E-state index >= 15 is 0 Å². The fourth-order valence-electron chi connectivity index (χ4n) is 4.22. The number of likely N-dealkylation sites (tertiary alicyclic amines) is 1. The summed E-state index contributed by atoms with van der Waals surface area (Å²) >= 11 is 1.49. The van der Waals surface area contributed by atoms with Gasteiger partial charge in [0.2, 0.25) is 0 Å². The Balaban J connectivity index is 1.32. The maximum absolute atomic E-state index is 13.5. The molecule has 33 heavy (non-hydrogen) atoms. The number of aromatic nitrogens is 3. The Morgan fingerprint density at radius 3 is 2.85 bits per heavy atom. The molecule has 0 radical (unpaired) electrons. The van der Waals surface area contributed by atoms with Gasteiger partial charge in [0.1, 0.15) is 11.6 Å². The molecule has 4 heterocycles. The average molecular weight is 463 g/mol. The predicted molar refractivity (Wildman–Crippen MR) is 124 cm³/mol. The number of rotatable bonds is 5. The Morgan fingerprint density at radius 1 is 1.21 bits per heavy atom. The Hall–Kier alpha value is -3.39. The Bertz CT molecular complexity index is 1270. The molecule has 3 aromatic heterocycles. The van der Waals surface area contributed by atoms with Crippen molar-refractivity contribution in [2.75, 3.05) is 13.1 Å². The number of pyridine rings is 1. The number of nitrogens with zero attached hydrogens (tertiary/aromatic N) is 4. The molecular formula is C25H23FN4O2S. The van der Waals surface area contributed by atoms with Gasteiger partial charge in [-0.05, 0) is 49.6 Å². The SMILES string of the molecule is Cc1ncsc1-c1ncccc1C(=O)N1CCC[C@@H](c2ncc(Cc3ccc(F)cc3)o2)C1. The number of amides is 1. The number of hydrogen-bond acceptors (Lipinski definition) is 6. The van der Waals surface area contributed by atoms with Gasteiger partial charge in [-0.25, -0.2) is 14.4 Å². The minimum absolute atomic E-state index is 0.0336. The van der Waals surface area contributed by atoms with Crippen LogP contribution in [0, 0.1) is 12.7 Å². The third kappa shape index (κ3) is 4.57. The summed E-state index contributed by atoms with van der Waals surface area (Å²) in [4.78, 5) is 29.6. The smallest absolute Gasteiger partial charge is 0.256 e. The molecule has 4 aromatic rings. The lowest BCUT2D eigenvalue weighted by molar-refractivity contribution is 0.0698. The highest BCUT2D eigenvalue weighted by atomic mass is 32.1. The molecule has 0 unspecified atom stereocenters. The van der Waals surface area contributed by atoms with E-state index in [1.165, 1.54) is 23.5 Å². The van der Waals surface area contributed by atoms with Crippen LogP contribution in [0.4, 0.5) is 4.39 Å². The first-order chi connectivity index (χ1) is 16.1. The monoisotopic (exact) mass is 462 g/mol.